The van der Waals surface area contributed by atoms with Crippen molar-refractivity contribution < 1.29 is 4.79 Å². The summed E-state index contributed by atoms with van der Waals surface area (Å²) in [6, 6.07) is 14.3. The quantitative estimate of drug-likeness (QED) is 0.848. The number of rotatable bonds is 3. The number of benzene rings is 2. The topological polar surface area (TPSA) is 55.1 Å². The van der Waals surface area contributed by atoms with Crippen LogP contribution >= 0.6 is 0 Å². The minimum absolute atomic E-state index is 0.0253. The molecule has 2 atom stereocenters. The summed E-state index contributed by atoms with van der Waals surface area (Å²) in [5.41, 5.74) is 10.5. The van der Waals surface area contributed by atoms with Crippen LogP contribution in [-0.2, 0) is 0 Å². The van der Waals surface area contributed by atoms with Crippen LogP contribution in [0, 0.1) is 13.8 Å². The summed E-state index contributed by atoms with van der Waals surface area (Å²) >= 11 is 0. The molecule has 0 saturated heterocycles. The van der Waals surface area contributed by atoms with Gasteiger partial charge in [-0.15, -0.1) is 0 Å². The van der Waals surface area contributed by atoms with E-state index in [2.05, 4.69) is 17.4 Å². The molecule has 21 heavy (non-hydrogen) atoms. The number of carbonyl (C=O) groups excluding carboxylic acids is 1. The lowest BCUT2D eigenvalue weighted by Crippen LogP contribution is -2.27. The van der Waals surface area contributed by atoms with E-state index in [4.69, 9.17) is 5.73 Å². The van der Waals surface area contributed by atoms with Crippen molar-refractivity contribution in [2.45, 2.75) is 32.2 Å². The molecule has 2 unspecified atom stereocenters. The monoisotopic (exact) mass is 280 g/mol. The van der Waals surface area contributed by atoms with Gasteiger partial charge in [-0.1, -0.05) is 36.4 Å². The van der Waals surface area contributed by atoms with Crippen LogP contribution in [0.4, 0.5) is 5.69 Å². The molecule has 0 bridgehead atoms. The molecule has 0 aromatic heterocycles. The largest absolute Gasteiger partial charge is 0.398 e. The van der Waals surface area contributed by atoms with E-state index < -0.39 is 0 Å². The molecule has 1 fully saturated rings. The van der Waals surface area contributed by atoms with E-state index in [0.29, 0.717) is 17.2 Å². The van der Waals surface area contributed by atoms with Crippen molar-refractivity contribution in [3.63, 3.8) is 0 Å². The highest BCUT2D eigenvalue weighted by atomic mass is 16.1. The van der Waals surface area contributed by atoms with Crippen molar-refractivity contribution in [2.24, 2.45) is 0 Å². The standard InChI is InChI=1S/C18H20N2O/c1-11-8-12(2)16(19)9-14(11)18(21)20-17-10-15(17)13-6-4-3-5-7-13/h3-9,15,17H,10,19H2,1-2H3,(H,20,21). The Hall–Kier alpha value is -2.29. The molecule has 3 nitrogen and oxygen atoms in total. The average molecular weight is 280 g/mol. The van der Waals surface area contributed by atoms with Gasteiger partial charge >= 0.3 is 0 Å². The second kappa shape index (κ2) is 5.24. The molecular weight excluding hydrogens is 260 g/mol. The summed E-state index contributed by atoms with van der Waals surface area (Å²) in [6.07, 6.45) is 1.01. The molecule has 108 valence electrons. The van der Waals surface area contributed by atoms with Crippen LogP contribution in [0.25, 0.3) is 0 Å². The number of carbonyl (C=O) groups is 1. The smallest absolute Gasteiger partial charge is 0.251 e. The first-order valence-corrected chi connectivity index (χ1v) is 7.29. The molecule has 0 radical (unpaired) electrons. The van der Waals surface area contributed by atoms with Crippen molar-refractivity contribution in [1.29, 1.82) is 0 Å². The maximum absolute atomic E-state index is 12.4. The van der Waals surface area contributed by atoms with Gasteiger partial charge in [-0.2, -0.15) is 0 Å². The Morgan fingerprint density at radius 1 is 1.14 bits per heavy atom. The van der Waals surface area contributed by atoms with Gasteiger partial charge in [-0.25, -0.2) is 0 Å². The van der Waals surface area contributed by atoms with Gasteiger partial charge in [0.25, 0.3) is 5.91 Å². The third-order valence-corrected chi connectivity index (χ3v) is 4.19. The van der Waals surface area contributed by atoms with E-state index in [1.807, 2.05) is 38.1 Å². The van der Waals surface area contributed by atoms with E-state index in [1.54, 1.807) is 6.07 Å². The van der Waals surface area contributed by atoms with Crippen LogP contribution in [0.3, 0.4) is 0 Å². The molecule has 3 N–H and O–H groups in total. The molecule has 3 rings (SSSR count). The van der Waals surface area contributed by atoms with Crippen LogP contribution in [-0.4, -0.2) is 11.9 Å². The molecule has 0 spiro atoms. The first kappa shape index (κ1) is 13.7. The summed E-state index contributed by atoms with van der Waals surface area (Å²) in [5.74, 6) is 0.417. The van der Waals surface area contributed by atoms with Crippen molar-refractivity contribution in [3.05, 3.63) is 64.7 Å². The molecule has 2 aromatic carbocycles. The lowest BCUT2D eigenvalue weighted by atomic mass is 10.0. The zero-order valence-electron chi connectivity index (χ0n) is 12.4. The van der Waals surface area contributed by atoms with Crippen molar-refractivity contribution in [3.8, 4) is 0 Å². The molecule has 1 amide bonds. The Morgan fingerprint density at radius 3 is 2.57 bits per heavy atom. The van der Waals surface area contributed by atoms with E-state index in [1.165, 1.54) is 5.56 Å². The summed E-state index contributed by atoms with van der Waals surface area (Å²) in [5, 5.41) is 3.11. The Labute approximate surface area is 125 Å². The Balaban J connectivity index is 1.70. The predicted octanol–water partition coefficient (Wildman–Crippen LogP) is 3.17. The molecule has 0 aliphatic heterocycles. The van der Waals surface area contributed by atoms with E-state index >= 15 is 0 Å². The van der Waals surface area contributed by atoms with Crippen molar-refractivity contribution in [1.82, 2.24) is 5.32 Å². The summed E-state index contributed by atoms with van der Waals surface area (Å²) in [6.45, 7) is 3.90. The molecule has 3 heteroatoms. The minimum Gasteiger partial charge on any atom is -0.398 e. The first-order chi connectivity index (χ1) is 10.1. The van der Waals surface area contributed by atoms with Crippen LogP contribution in [0.5, 0.6) is 0 Å². The predicted molar refractivity (Wildman–Crippen MR) is 85.4 cm³/mol. The van der Waals surface area contributed by atoms with E-state index in [0.717, 1.165) is 17.5 Å². The first-order valence-electron chi connectivity index (χ1n) is 7.29. The Bertz CT molecular complexity index is 679. The summed E-state index contributed by atoms with van der Waals surface area (Å²) in [4.78, 5) is 12.4. The number of anilines is 1. The molecule has 1 aliphatic rings. The zero-order chi connectivity index (χ0) is 15.0. The molecule has 1 saturated carbocycles. The van der Waals surface area contributed by atoms with Crippen molar-refractivity contribution >= 4 is 11.6 Å². The lowest BCUT2D eigenvalue weighted by Gasteiger charge is -2.10. The third-order valence-electron chi connectivity index (χ3n) is 4.19. The Morgan fingerprint density at radius 2 is 1.86 bits per heavy atom. The summed E-state index contributed by atoms with van der Waals surface area (Å²) < 4.78 is 0. The highest BCUT2D eigenvalue weighted by Gasteiger charge is 2.39. The van der Waals surface area contributed by atoms with Crippen LogP contribution < -0.4 is 11.1 Å². The molecule has 0 heterocycles. The van der Waals surface area contributed by atoms with Gasteiger partial charge < -0.3 is 11.1 Å². The summed E-state index contributed by atoms with van der Waals surface area (Å²) in [7, 11) is 0. The number of hydrogen-bond acceptors (Lipinski definition) is 2. The van der Waals surface area contributed by atoms with Gasteiger partial charge in [0.1, 0.15) is 0 Å². The van der Waals surface area contributed by atoms with Gasteiger partial charge in [0.15, 0.2) is 0 Å². The number of amides is 1. The molecule has 1 aliphatic carbocycles. The average Bonchev–Trinajstić information content (AvgIpc) is 3.23. The van der Waals surface area contributed by atoms with Gasteiger partial charge in [0.05, 0.1) is 0 Å². The van der Waals surface area contributed by atoms with Crippen LogP contribution in [0.15, 0.2) is 42.5 Å². The number of hydrogen-bond donors (Lipinski definition) is 2. The van der Waals surface area contributed by atoms with Gasteiger partial charge in [-0.3, -0.25) is 4.79 Å². The van der Waals surface area contributed by atoms with E-state index in [9.17, 15) is 4.79 Å². The van der Waals surface area contributed by atoms with Gasteiger partial charge in [0, 0.05) is 23.2 Å². The molecular formula is C18H20N2O. The highest BCUT2D eigenvalue weighted by Crippen LogP contribution is 2.40. The van der Waals surface area contributed by atoms with Crippen LogP contribution in [0.2, 0.25) is 0 Å². The highest BCUT2D eigenvalue weighted by molar-refractivity contribution is 5.97. The van der Waals surface area contributed by atoms with Crippen molar-refractivity contribution in [2.75, 3.05) is 5.73 Å². The number of nitrogen functional groups attached to an aromatic ring is 1. The Kier molecular flexibility index (Phi) is 3.42. The maximum Gasteiger partial charge on any atom is 0.251 e. The fourth-order valence-corrected chi connectivity index (χ4v) is 2.78. The fraction of sp³-hybridized carbons (Fsp3) is 0.278. The third kappa shape index (κ3) is 2.77. The second-order valence-corrected chi connectivity index (χ2v) is 5.86. The normalized spacial score (nSPS) is 20.1. The van der Waals surface area contributed by atoms with E-state index in [-0.39, 0.29) is 11.9 Å². The lowest BCUT2D eigenvalue weighted by molar-refractivity contribution is 0.0949. The fourth-order valence-electron chi connectivity index (χ4n) is 2.78. The second-order valence-electron chi connectivity index (χ2n) is 5.86. The number of nitrogens with two attached hydrogens (primary N) is 1. The number of nitrogens with one attached hydrogen (secondary N) is 1. The SMILES string of the molecule is Cc1cc(C)c(C(=O)NC2CC2c2ccccc2)cc1N. The zero-order valence-corrected chi connectivity index (χ0v) is 12.4. The maximum atomic E-state index is 12.4. The van der Waals surface area contributed by atoms with Gasteiger partial charge in [0.2, 0.25) is 0 Å². The minimum atomic E-state index is -0.0253. The molecule has 2 aromatic rings. The van der Waals surface area contributed by atoms with Crippen LogP contribution in [0.1, 0.15) is 39.4 Å². The van der Waals surface area contributed by atoms with Gasteiger partial charge in [-0.05, 0) is 43.0 Å². The number of aryl methyl sites for hydroxylation is 2.